The maximum absolute atomic E-state index is 4.56. The van der Waals surface area contributed by atoms with E-state index in [0.717, 1.165) is 41.1 Å². The van der Waals surface area contributed by atoms with E-state index in [1.807, 2.05) is 0 Å². The summed E-state index contributed by atoms with van der Waals surface area (Å²) in [6.45, 7) is 6.21. The van der Waals surface area contributed by atoms with Gasteiger partial charge in [0.1, 0.15) is 0 Å². The first-order chi connectivity index (χ1) is 8.66. The van der Waals surface area contributed by atoms with Gasteiger partial charge in [0.2, 0.25) is 0 Å². The zero-order valence-electron chi connectivity index (χ0n) is 11.2. The van der Waals surface area contributed by atoms with Crippen LogP contribution in [0.15, 0.2) is 4.47 Å². The summed E-state index contributed by atoms with van der Waals surface area (Å²) in [6.07, 6.45) is 5.78. The fraction of sp³-hybridized carbons (Fsp3) is 0.786. The molecule has 100 valence electrons. The lowest BCUT2D eigenvalue weighted by Crippen LogP contribution is -2.35. The first-order valence-electron chi connectivity index (χ1n) is 7.09. The summed E-state index contributed by atoms with van der Waals surface area (Å²) in [5.74, 6) is 1.95. The van der Waals surface area contributed by atoms with E-state index in [9.17, 15) is 0 Å². The van der Waals surface area contributed by atoms with Crippen LogP contribution in [0.5, 0.6) is 0 Å². The number of hydrogen-bond donors (Lipinski definition) is 1. The van der Waals surface area contributed by atoms with Crippen molar-refractivity contribution in [1.82, 2.24) is 15.1 Å². The molecule has 1 heterocycles. The molecule has 1 N–H and O–H groups in total. The second-order valence-electron chi connectivity index (χ2n) is 5.86. The van der Waals surface area contributed by atoms with Crippen molar-refractivity contribution in [2.45, 2.75) is 52.1 Å². The van der Waals surface area contributed by atoms with Gasteiger partial charge in [-0.3, -0.25) is 4.68 Å². The van der Waals surface area contributed by atoms with Crippen LogP contribution in [0, 0.1) is 25.7 Å². The van der Waals surface area contributed by atoms with Gasteiger partial charge < -0.3 is 5.32 Å². The summed E-state index contributed by atoms with van der Waals surface area (Å²) in [5, 5.41) is 8.33. The van der Waals surface area contributed by atoms with Crippen LogP contribution < -0.4 is 5.32 Å². The Morgan fingerprint density at radius 1 is 1.28 bits per heavy atom. The first-order valence-corrected chi connectivity index (χ1v) is 7.89. The van der Waals surface area contributed by atoms with Crippen LogP contribution in [-0.4, -0.2) is 22.4 Å². The number of rotatable bonds is 6. The largest absolute Gasteiger partial charge is 0.312 e. The van der Waals surface area contributed by atoms with Crippen molar-refractivity contribution < 1.29 is 0 Å². The molecule has 0 spiro atoms. The van der Waals surface area contributed by atoms with Gasteiger partial charge in [0.25, 0.3) is 0 Å². The van der Waals surface area contributed by atoms with Crippen molar-refractivity contribution in [3.63, 3.8) is 0 Å². The van der Waals surface area contributed by atoms with Crippen LogP contribution in [-0.2, 0) is 6.54 Å². The highest BCUT2D eigenvalue weighted by Crippen LogP contribution is 2.44. The summed E-state index contributed by atoms with van der Waals surface area (Å²) in [7, 11) is 0. The average molecular weight is 312 g/mol. The Bertz CT molecular complexity index is 420. The van der Waals surface area contributed by atoms with E-state index in [0.29, 0.717) is 0 Å². The van der Waals surface area contributed by atoms with E-state index >= 15 is 0 Å². The molecule has 2 aliphatic carbocycles. The predicted octanol–water partition coefficient (Wildman–Crippen LogP) is 3.04. The van der Waals surface area contributed by atoms with Crippen LogP contribution in [0.2, 0.25) is 0 Å². The Kier molecular flexibility index (Phi) is 3.50. The third-order valence-electron chi connectivity index (χ3n) is 4.26. The zero-order chi connectivity index (χ0) is 12.7. The monoisotopic (exact) mass is 311 g/mol. The molecular weight excluding hydrogens is 290 g/mol. The molecular formula is C14H22BrN3. The molecule has 0 aliphatic heterocycles. The van der Waals surface area contributed by atoms with Crippen molar-refractivity contribution in [1.29, 1.82) is 0 Å². The van der Waals surface area contributed by atoms with Gasteiger partial charge in [0.05, 0.1) is 16.7 Å². The van der Waals surface area contributed by atoms with Crippen LogP contribution in [0.3, 0.4) is 0 Å². The smallest absolute Gasteiger partial charge is 0.0738 e. The molecule has 2 aliphatic rings. The molecule has 3 rings (SSSR count). The molecule has 3 nitrogen and oxygen atoms in total. The fourth-order valence-electron chi connectivity index (χ4n) is 2.86. The maximum Gasteiger partial charge on any atom is 0.0738 e. The quantitative estimate of drug-likeness (QED) is 0.875. The molecule has 2 fully saturated rings. The predicted molar refractivity (Wildman–Crippen MR) is 76.6 cm³/mol. The second-order valence-corrected chi connectivity index (χ2v) is 6.66. The molecule has 0 amide bonds. The minimum absolute atomic E-state index is 0.797. The van der Waals surface area contributed by atoms with Gasteiger partial charge in [0, 0.05) is 18.3 Å². The van der Waals surface area contributed by atoms with Crippen LogP contribution in [0.4, 0.5) is 0 Å². The Hall–Kier alpha value is -0.350. The summed E-state index contributed by atoms with van der Waals surface area (Å²) in [5.41, 5.74) is 2.33. The summed E-state index contributed by atoms with van der Waals surface area (Å²) >= 11 is 3.58. The minimum atomic E-state index is 0.797. The van der Waals surface area contributed by atoms with E-state index in [4.69, 9.17) is 0 Å². The van der Waals surface area contributed by atoms with Gasteiger partial charge in [-0.15, -0.1) is 0 Å². The first kappa shape index (κ1) is 12.7. The van der Waals surface area contributed by atoms with Crippen molar-refractivity contribution in [3.8, 4) is 0 Å². The lowest BCUT2D eigenvalue weighted by molar-refractivity contribution is 0.399. The average Bonchev–Trinajstić information content (AvgIpc) is 3.23. The van der Waals surface area contributed by atoms with E-state index in [-0.39, 0.29) is 0 Å². The highest BCUT2D eigenvalue weighted by atomic mass is 79.9. The summed E-state index contributed by atoms with van der Waals surface area (Å²) in [6, 6.07) is 0.797. The second kappa shape index (κ2) is 4.97. The summed E-state index contributed by atoms with van der Waals surface area (Å²) in [4.78, 5) is 0. The van der Waals surface area contributed by atoms with Gasteiger partial charge >= 0.3 is 0 Å². The van der Waals surface area contributed by atoms with Crippen molar-refractivity contribution in [3.05, 3.63) is 15.9 Å². The van der Waals surface area contributed by atoms with Crippen LogP contribution in [0.25, 0.3) is 0 Å². The SMILES string of the molecule is Cc1nn(CCNC(C2CC2)C2CC2)c(C)c1Br. The van der Waals surface area contributed by atoms with Crippen molar-refractivity contribution in [2.24, 2.45) is 11.8 Å². The third kappa shape index (κ3) is 2.64. The van der Waals surface area contributed by atoms with Gasteiger partial charge in [-0.05, 0) is 67.3 Å². The lowest BCUT2D eigenvalue weighted by atomic mass is 10.1. The molecule has 2 saturated carbocycles. The highest BCUT2D eigenvalue weighted by Gasteiger charge is 2.40. The highest BCUT2D eigenvalue weighted by molar-refractivity contribution is 9.10. The maximum atomic E-state index is 4.56. The molecule has 4 heteroatoms. The lowest BCUT2D eigenvalue weighted by Gasteiger charge is -2.17. The van der Waals surface area contributed by atoms with E-state index < -0.39 is 0 Å². The van der Waals surface area contributed by atoms with Gasteiger partial charge in [-0.1, -0.05) is 0 Å². The number of nitrogens with one attached hydrogen (secondary N) is 1. The molecule has 0 aromatic carbocycles. The fourth-order valence-corrected chi connectivity index (χ4v) is 3.14. The number of halogens is 1. The Morgan fingerprint density at radius 2 is 1.89 bits per heavy atom. The molecule has 1 aromatic rings. The number of nitrogens with zero attached hydrogens (tertiary/aromatic N) is 2. The Balaban J connectivity index is 1.52. The van der Waals surface area contributed by atoms with Gasteiger partial charge in [-0.2, -0.15) is 5.10 Å². The molecule has 0 radical (unpaired) electrons. The standard InChI is InChI=1S/C14H22BrN3/c1-9-13(15)10(2)18(17-9)8-7-16-14(11-3-4-11)12-5-6-12/h11-12,14,16H,3-8H2,1-2H3. The molecule has 1 aromatic heterocycles. The topological polar surface area (TPSA) is 29.9 Å². The molecule has 0 saturated heterocycles. The van der Waals surface area contributed by atoms with Crippen LogP contribution in [0.1, 0.15) is 37.1 Å². The molecule has 0 unspecified atom stereocenters. The number of hydrogen-bond acceptors (Lipinski definition) is 2. The Labute approximate surface area is 117 Å². The normalized spacial score (nSPS) is 19.8. The van der Waals surface area contributed by atoms with Crippen molar-refractivity contribution in [2.75, 3.05) is 6.54 Å². The van der Waals surface area contributed by atoms with Gasteiger partial charge in [-0.25, -0.2) is 0 Å². The molecule has 0 bridgehead atoms. The van der Waals surface area contributed by atoms with E-state index in [1.165, 1.54) is 31.4 Å². The zero-order valence-corrected chi connectivity index (χ0v) is 12.8. The minimum Gasteiger partial charge on any atom is -0.312 e. The molecule has 18 heavy (non-hydrogen) atoms. The van der Waals surface area contributed by atoms with Gasteiger partial charge in [0.15, 0.2) is 0 Å². The van der Waals surface area contributed by atoms with Crippen LogP contribution >= 0.6 is 15.9 Å². The number of aryl methyl sites for hydroxylation is 1. The third-order valence-corrected chi connectivity index (χ3v) is 5.40. The van der Waals surface area contributed by atoms with E-state index in [2.05, 4.69) is 44.9 Å². The van der Waals surface area contributed by atoms with E-state index in [1.54, 1.807) is 0 Å². The van der Waals surface area contributed by atoms with Crippen molar-refractivity contribution >= 4 is 15.9 Å². The Morgan fingerprint density at radius 3 is 2.33 bits per heavy atom. The summed E-state index contributed by atoms with van der Waals surface area (Å²) < 4.78 is 3.27. The number of aromatic nitrogens is 2. The molecule has 0 atom stereocenters.